The van der Waals surface area contributed by atoms with E-state index in [1.807, 2.05) is 4.90 Å². The lowest BCUT2D eigenvalue weighted by Crippen LogP contribution is -2.63. The Morgan fingerprint density at radius 1 is 1.06 bits per heavy atom. The number of allylic oxidation sites excluding steroid dienone is 1. The zero-order valence-electron chi connectivity index (χ0n) is 10.7. The van der Waals surface area contributed by atoms with Crippen molar-refractivity contribution >= 4 is 11.8 Å². The Morgan fingerprint density at radius 2 is 1.94 bits per heavy atom. The van der Waals surface area contributed by atoms with Crippen LogP contribution >= 0.6 is 0 Å². The average molecular weight is 248 g/mol. The van der Waals surface area contributed by atoms with E-state index >= 15 is 0 Å². The second-order valence-corrected chi connectivity index (χ2v) is 5.50. The fourth-order valence-electron chi connectivity index (χ4n) is 3.36. The van der Waals surface area contributed by atoms with Crippen LogP contribution in [0.1, 0.15) is 38.5 Å². The summed E-state index contributed by atoms with van der Waals surface area (Å²) in [6, 6.07) is 0.0847. The molecular weight excluding hydrogens is 228 g/mol. The highest BCUT2D eigenvalue weighted by molar-refractivity contribution is 5.95. The van der Waals surface area contributed by atoms with Gasteiger partial charge in [0.25, 0.3) is 0 Å². The molecule has 2 fully saturated rings. The molecule has 98 valence electrons. The summed E-state index contributed by atoms with van der Waals surface area (Å²) < 4.78 is 0. The van der Waals surface area contributed by atoms with E-state index in [2.05, 4.69) is 12.2 Å². The summed E-state index contributed by atoms with van der Waals surface area (Å²) in [4.78, 5) is 28.3. The SMILES string of the molecule is O=C1C2CCCCN2C(=O)CN1C1CC=CCC1. The minimum absolute atomic E-state index is 0.147. The predicted molar refractivity (Wildman–Crippen MR) is 67.8 cm³/mol. The smallest absolute Gasteiger partial charge is 0.246 e. The van der Waals surface area contributed by atoms with Gasteiger partial charge in [0.2, 0.25) is 11.8 Å². The van der Waals surface area contributed by atoms with E-state index in [0.29, 0.717) is 6.54 Å². The maximum absolute atomic E-state index is 12.5. The first-order valence-corrected chi connectivity index (χ1v) is 7.02. The number of carbonyl (C=O) groups excluding carboxylic acids is 2. The molecule has 18 heavy (non-hydrogen) atoms. The van der Waals surface area contributed by atoms with Gasteiger partial charge in [0.15, 0.2) is 0 Å². The molecular formula is C14H20N2O2. The van der Waals surface area contributed by atoms with Crippen molar-refractivity contribution < 1.29 is 9.59 Å². The normalized spacial score (nSPS) is 32.7. The molecule has 4 nitrogen and oxygen atoms in total. The van der Waals surface area contributed by atoms with Gasteiger partial charge in [-0.15, -0.1) is 0 Å². The quantitative estimate of drug-likeness (QED) is 0.657. The zero-order chi connectivity index (χ0) is 12.5. The molecule has 4 heteroatoms. The van der Waals surface area contributed by atoms with Crippen LogP contribution in [-0.2, 0) is 9.59 Å². The molecule has 2 atom stereocenters. The van der Waals surface area contributed by atoms with Crippen molar-refractivity contribution in [2.75, 3.05) is 13.1 Å². The molecule has 0 spiro atoms. The van der Waals surface area contributed by atoms with Gasteiger partial charge in [-0.3, -0.25) is 9.59 Å². The summed E-state index contributed by atoms with van der Waals surface area (Å²) >= 11 is 0. The molecule has 0 aromatic carbocycles. The molecule has 2 aliphatic heterocycles. The molecule has 2 amide bonds. The lowest BCUT2D eigenvalue weighted by molar-refractivity contribution is -0.160. The van der Waals surface area contributed by atoms with Crippen molar-refractivity contribution in [1.29, 1.82) is 0 Å². The molecule has 3 aliphatic rings. The number of hydrogen-bond donors (Lipinski definition) is 0. The summed E-state index contributed by atoms with van der Waals surface area (Å²) in [5.74, 6) is 0.337. The van der Waals surface area contributed by atoms with Crippen LogP contribution in [0.2, 0.25) is 0 Å². The monoisotopic (exact) mass is 248 g/mol. The molecule has 0 bridgehead atoms. The average Bonchev–Trinajstić information content (AvgIpc) is 2.44. The Morgan fingerprint density at radius 3 is 2.72 bits per heavy atom. The maximum atomic E-state index is 12.5. The van der Waals surface area contributed by atoms with Crippen molar-refractivity contribution in [2.24, 2.45) is 0 Å². The van der Waals surface area contributed by atoms with Gasteiger partial charge in [0.05, 0.1) is 0 Å². The fraction of sp³-hybridized carbons (Fsp3) is 0.714. The highest BCUT2D eigenvalue weighted by Crippen LogP contribution is 2.27. The highest BCUT2D eigenvalue weighted by atomic mass is 16.2. The van der Waals surface area contributed by atoms with Crippen LogP contribution in [0.15, 0.2) is 12.2 Å². The molecule has 0 N–H and O–H groups in total. The van der Waals surface area contributed by atoms with Gasteiger partial charge < -0.3 is 9.80 Å². The number of rotatable bonds is 1. The molecule has 3 rings (SSSR count). The van der Waals surface area contributed by atoms with Gasteiger partial charge >= 0.3 is 0 Å². The van der Waals surface area contributed by atoms with Crippen LogP contribution in [0.4, 0.5) is 0 Å². The van der Waals surface area contributed by atoms with Crippen LogP contribution in [0.25, 0.3) is 0 Å². The van der Waals surface area contributed by atoms with Gasteiger partial charge in [-0.2, -0.15) is 0 Å². The van der Waals surface area contributed by atoms with E-state index in [1.165, 1.54) is 0 Å². The number of amides is 2. The summed E-state index contributed by atoms with van der Waals surface area (Å²) in [6.07, 6.45) is 10.2. The number of nitrogens with zero attached hydrogens (tertiary/aromatic N) is 2. The van der Waals surface area contributed by atoms with Crippen molar-refractivity contribution in [3.8, 4) is 0 Å². The standard InChI is InChI=1S/C14H20N2O2/c17-13-10-16(11-6-2-1-3-7-11)14(18)12-8-4-5-9-15(12)13/h1-2,11-12H,3-10H2. The Hall–Kier alpha value is -1.32. The van der Waals surface area contributed by atoms with Crippen molar-refractivity contribution in [1.82, 2.24) is 9.80 Å². The molecule has 2 heterocycles. The van der Waals surface area contributed by atoms with Crippen molar-refractivity contribution in [3.63, 3.8) is 0 Å². The Kier molecular flexibility index (Phi) is 3.10. The van der Waals surface area contributed by atoms with E-state index in [0.717, 1.165) is 45.1 Å². The van der Waals surface area contributed by atoms with Crippen LogP contribution < -0.4 is 0 Å². The third kappa shape index (κ3) is 1.93. The maximum Gasteiger partial charge on any atom is 0.246 e. The lowest BCUT2D eigenvalue weighted by atomic mass is 9.94. The van der Waals surface area contributed by atoms with Gasteiger partial charge in [-0.1, -0.05) is 12.2 Å². The number of fused-ring (bicyclic) bond motifs is 1. The van der Waals surface area contributed by atoms with E-state index in [1.54, 1.807) is 4.90 Å². The summed E-state index contributed by atoms with van der Waals surface area (Å²) in [5.41, 5.74) is 0. The molecule has 2 unspecified atom stereocenters. The van der Waals surface area contributed by atoms with Crippen LogP contribution in [0.3, 0.4) is 0 Å². The topological polar surface area (TPSA) is 40.6 Å². The number of piperidine rings is 1. The molecule has 0 aromatic heterocycles. The van der Waals surface area contributed by atoms with Gasteiger partial charge in [-0.25, -0.2) is 0 Å². The molecule has 1 aliphatic carbocycles. The van der Waals surface area contributed by atoms with Gasteiger partial charge in [-0.05, 0) is 38.5 Å². The zero-order valence-corrected chi connectivity index (χ0v) is 10.7. The van der Waals surface area contributed by atoms with E-state index in [-0.39, 0.29) is 23.9 Å². The summed E-state index contributed by atoms with van der Waals surface area (Å²) in [5, 5.41) is 0. The van der Waals surface area contributed by atoms with Gasteiger partial charge in [0.1, 0.15) is 12.6 Å². The third-order valence-corrected chi connectivity index (χ3v) is 4.38. The van der Waals surface area contributed by atoms with E-state index < -0.39 is 0 Å². The summed E-state index contributed by atoms with van der Waals surface area (Å²) in [6.45, 7) is 1.07. The minimum atomic E-state index is -0.161. The minimum Gasteiger partial charge on any atom is -0.329 e. The van der Waals surface area contributed by atoms with Crippen molar-refractivity contribution in [2.45, 2.75) is 50.6 Å². The van der Waals surface area contributed by atoms with Crippen LogP contribution in [0, 0.1) is 0 Å². The molecule has 0 radical (unpaired) electrons. The second-order valence-electron chi connectivity index (χ2n) is 5.50. The van der Waals surface area contributed by atoms with Gasteiger partial charge in [0, 0.05) is 12.6 Å². The number of hydrogen-bond acceptors (Lipinski definition) is 2. The van der Waals surface area contributed by atoms with Crippen LogP contribution in [-0.4, -0.2) is 46.8 Å². The first-order valence-electron chi connectivity index (χ1n) is 7.02. The van der Waals surface area contributed by atoms with Crippen LogP contribution in [0.5, 0.6) is 0 Å². The fourth-order valence-corrected chi connectivity index (χ4v) is 3.36. The lowest BCUT2D eigenvalue weighted by Gasteiger charge is -2.45. The molecule has 0 saturated carbocycles. The van der Waals surface area contributed by atoms with Crippen molar-refractivity contribution in [3.05, 3.63) is 12.2 Å². The first-order chi connectivity index (χ1) is 8.77. The largest absolute Gasteiger partial charge is 0.329 e. The molecule has 0 aromatic rings. The third-order valence-electron chi connectivity index (χ3n) is 4.38. The predicted octanol–water partition coefficient (Wildman–Crippen LogP) is 1.32. The number of piperazine rings is 1. The van der Waals surface area contributed by atoms with E-state index in [9.17, 15) is 9.59 Å². The number of carbonyl (C=O) groups is 2. The van der Waals surface area contributed by atoms with E-state index in [4.69, 9.17) is 0 Å². The Balaban J connectivity index is 1.78. The first kappa shape index (κ1) is 11.8. The Labute approximate surface area is 108 Å². The summed E-state index contributed by atoms with van der Waals surface area (Å²) in [7, 11) is 0. The Bertz CT molecular complexity index is 391. The second kappa shape index (κ2) is 4.75. The molecule has 2 saturated heterocycles. The highest BCUT2D eigenvalue weighted by Gasteiger charge is 2.42.